The number of rotatable bonds is 9. The molecule has 1 heterocycles. The number of carboxylic acids is 1. The van der Waals surface area contributed by atoms with Gasteiger partial charge < -0.3 is 14.7 Å². The van der Waals surface area contributed by atoms with Gasteiger partial charge in [0.05, 0.1) is 11.3 Å². The number of hydrogen-bond acceptors (Lipinski definition) is 6. The molecule has 188 valence electrons. The molecule has 0 unspecified atom stereocenters. The lowest BCUT2D eigenvalue weighted by Crippen LogP contribution is -2.30. The molecule has 9 nitrogen and oxygen atoms in total. The van der Waals surface area contributed by atoms with Gasteiger partial charge in [-0.15, -0.1) is 5.10 Å². The SMILES string of the molecule is O=C(O)c1cc(C(=O)N(Cc2ccccc2)Cc2ccc(Oc3ccccc3)cc2)cc(-n2cnnn2)c1. The molecule has 5 aromatic rings. The second kappa shape index (κ2) is 11.2. The molecule has 0 aliphatic rings. The van der Waals surface area contributed by atoms with Crippen molar-refractivity contribution in [2.24, 2.45) is 0 Å². The Kier molecular flexibility index (Phi) is 7.17. The van der Waals surface area contributed by atoms with Crippen LogP contribution in [0.2, 0.25) is 0 Å². The molecule has 0 fully saturated rings. The second-order valence-electron chi connectivity index (χ2n) is 8.53. The number of benzene rings is 4. The quantitative estimate of drug-likeness (QED) is 0.300. The van der Waals surface area contributed by atoms with Crippen LogP contribution in [0.3, 0.4) is 0 Å². The summed E-state index contributed by atoms with van der Waals surface area (Å²) in [5.41, 5.74) is 2.39. The Morgan fingerprint density at radius 2 is 1.37 bits per heavy atom. The Labute approximate surface area is 218 Å². The van der Waals surface area contributed by atoms with Crippen molar-refractivity contribution in [1.82, 2.24) is 25.1 Å². The topological polar surface area (TPSA) is 110 Å². The number of amides is 1. The van der Waals surface area contributed by atoms with Crippen LogP contribution in [0.5, 0.6) is 11.5 Å². The van der Waals surface area contributed by atoms with Crippen LogP contribution in [0.4, 0.5) is 0 Å². The Hall–Kier alpha value is -5.31. The summed E-state index contributed by atoms with van der Waals surface area (Å²) < 4.78 is 7.20. The van der Waals surface area contributed by atoms with Crippen LogP contribution in [0.25, 0.3) is 5.69 Å². The molecule has 0 radical (unpaired) electrons. The van der Waals surface area contributed by atoms with Crippen LogP contribution < -0.4 is 4.74 Å². The fourth-order valence-corrected chi connectivity index (χ4v) is 3.96. The maximum Gasteiger partial charge on any atom is 0.335 e. The van der Waals surface area contributed by atoms with E-state index in [1.807, 2.05) is 84.9 Å². The molecule has 1 N–H and O–H groups in total. The highest BCUT2D eigenvalue weighted by atomic mass is 16.5. The summed E-state index contributed by atoms with van der Waals surface area (Å²) in [5, 5.41) is 20.7. The van der Waals surface area contributed by atoms with Crippen LogP contribution in [0.15, 0.2) is 109 Å². The predicted molar refractivity (Wildman–Crippen MR) is 139 cm³/mol. The number of tetrazole rings is 1. The van der Waals surface area contributed by atoms with Crippen LogP contribution in [-0.2, 0) is 13.1 Å². The molecule has 0 saturated carbocycles. The van der Waals surface area contributed by atoms with Crippen molar-refractivity contribution in [3.05, 3.63) is 132 Å². The van der Waals surface area contributed by atoms with E-state index in [1.54, 1.807) is 11.0 Å². The largest absolute Gasteiger partial charge is 0.478 e. The van der Waals surface area contributed by atoms with Gasteiger partial charge in [0.1, 0.15) is 17.8 Å². The number of ether oxygens (including phenoxy) is 1. The zero-order chi connectivity index (χ0) is 26.3. The van der Waals surface area contributed by atoms with Crippen molar-refractivity contribution in [2.75, 3.05) is 0 Å². The fourth-order valence-electron chi connectivity index (χ4n) is 3.96. The average Bonchev–Trinajstić information content (AvgIpc) is 3.50. The molecule has 0 bridgehead atoms. The Morgan fingerprint density at radius 1 is 0.763 bits per heavy atom. The second-order valence-corrected chi connectivity index (χ2v) is 8.53. The molecule has 0 spiro atoms. The summed E-state index contributed by atoms with van der Waals surface area (Å²) in [6, 6.07) is 31.0. The molecule has 0 saturated heterocycles. The molecule has 1 amide bonds. The number of hydrogen-bond donors (Lipinski definition) is 1. The number of nitrogens with zero attached hydrogens (tertiary/aromatic N) is 5. The number of para-hydroxylation sites is 1. The zero-order valence-corrected chi connectivity index (χ0v) is 20.2. The van der Waals surface area contributed by atoms with Crippen molar-refractivity contribution >= 4 is 11.9 Å². The molecule has 9 heteroatoms. The predicted octanol–water partition coefficient (Wildman–Crippen LogP) is 5.00. The van der Waals surface area contributed by atoms with Crippen LogP contribution in [0, 0.1) is 0 Å². The molecule has 0 atom stereocenters. The van der Waals surface area contributed by atoms with Gasteiger partial charge in [-0.2, -0.15) is 0 Å². The van der Waals surface area contributed by atoms with Crippen molar-refractivity contribution in [3.63, 3.8) is 0 Å². The molecule has 4 aromatic carbocycles. The van der Waals surface area contributed by atoms with Gasteiger partial charge in [0.25, 0.3) is 5.91 Å². The maximum atomic E-state index is 13.8. The lowest BCUT2D eigenvalue weighted by Gasteiger charge is -2.24. The normalized spacial score (nSPS) is 10.6. The smallest absolute Gasteiger partial charge is 0.335 e. The third-order valence-electron chi connectivity index (χ3n) is 5.80. The van der Waals surface area contributed by atoms with E-state index in [0.717, 1.165) is 16.9 Å². The average molecular weight is 506 g/mol. The van der Waals surface area contributed by atoms with E-state index in [4.69, 9.17) is 4.74 Å². The van der Waals surface area contributed by atoms with E-state index >= 15 is 0 Å². The first-order valence-corrected chi connectivity index (χ1v) is 11.8. The first kappa shape index (κ1) is 24.4. The van der Waals surface area contributed by atoms with E-state index < -0.39 is 5.97 Å². The number of carbonyl (C=O) groups excluding carboxylic acids is 1. The summed E-state index contributed by atoms with van der Waals surface area (Å²) in [4.78, 5) is 27.3. The summed E-state index contributed by atoms with van der Waals surface area (Å²) in [7, 11) is 0. The number of carboxylic acid groups (broad SMARTS) is 1. The van der Waals surface area contributed by atoms with Crippen LogP contribution >= 0.6 is 0 Å². The van der Waals surface area contributed by atoms with Gasteiger partial charge in [-0.25, -0.2) is 9.48 Å². The number of carbonyl (C=O) groups is 2. The number of aromatic nitrogens is 4. The molecule has 1 aromatic heterocycles. The minimum Gasteiger partial charge on any atom is -0.478 e. The molecule has 0 aliphatic heterocycles. The van der Waals surface area contributed by atoms with Gasteiger partial charge in [0.15, 0.2) is 0 Å². The first-order chi connectivity index (χ1) is 18.5. The highest BCUT2D eigenvalue weighted by Crippen LogP contribution is 2.23. The minimum atomic E-state index is -1.16. The monoisotopic (exact) mass is 505 g/mol. The van der Waals surface area contributed by atoms with Crippen molar-refractivity contribution in [1.29, 1.82) is 0 Å². The van der Waals surface area contributed by atoms with Gasteiger partial charge in [-0.1, -0.05) is 60.7 Å². The summed E-state index contributed by atoms with van der Waals surface area (Å²) >= 11 is 0. The Morgan fingerprint density at radius 3 is 2.00 bits per heavy atom. The third kappa shape index (κ3) is 5.90. The van der Waals surface area contributed by atoms with E-state index in [1.165, 1.54) is 23.1 Å². The lowest BCUT2D eigenvalue weighted by atomic mass is 10.1. The first-order valence-electron chi connectivity index (χ1n) is 11.8. The van der Waals surface area contributed by atoms with Gasteiger partial charge in [0.2, 0.25) is 0 Å². The summed E-state index contributed by atoms with van der Waals surface area (Å²) in [6.07, 6.45) is 1.34. The standard InChI is InChI=1S/C29H23N5O4/c35-28(23-15-24(29(36)37)17-25(16-23)34-20-30-31-32-34)33(18-21-7-3-1-4-8-21)19-22-11-13-27(14-12-22)38-26-9-5-2-6-10-26/h1-17,20H,18-19H2,(H,36,37). The van der Waals surface area contributed by atoms with E-state index in [2.05, 4.69) is 15.5 Å². The van der Waals surface area contributed by atoms with Crippen molar-refractivity contribution < 1.29 is 19.4 Å². The van der Waals surface area contributed by atoms with Crippen LogP contribution in [0.1, 0.15) is 31.8 Å². The van der Waals surface area contributed by atoms with Gasteiger partial charge in [0, 0.05) is 18.7 Å². The lowest BCUT2D eigenvalue weighted by molar-refractivity contribution is 0.0696. The van der Waals surface area contributed by atoms with E-state index in [0.29, 0.717) is 24.5 Å². The van der Waals surface area contributed by atoms with Crippen molar-refractivity contribution in [3.8, 4) is 17.2 Å². The highest BCUT2D eigenvalue weighted by Gasteiger charge is 2.20. The zero-order valence-electron chi connectivity index (χ0n) is 20.2. The third-order valence-corrected chi connectivity index (χ3v) is 5.80. The molecule has 0 aliphatic carbocycles. The highest BCUT2D eigenvalue weighted by molar-refractivity contribution is 5.98. The molecular weight excluding hydrogens is 482 g/mol. The summed E-state index contributed by atoms with van der Waals surface area (Å²) in [5.74, 6) is -0.0626. The van der Waals surface area contributed by atoms with Gasteiger partial charge in [-0.05, 0) is 64.0 Å². The Bertz CT molecular complexity index is 1520. The molecular formula is C29H23N5O4. The van der Waals surface area contributed by atoms with E-state index in [-0.39, 0.29) is 17.0 Å². The fraction of sp³-hybridized carbons (Fsp3) is 0.0690. The van der Waals surface area contributed by atoms with E-state index in [9.17, 15) is 14.7 Å². The van der Waals surface area contributed by atoms with Gasteiger partial charge in [-0.3, -0.25) is 4.79 Å². The van der Waals surface area contributed by atoms with Crippen LogP contribution in [-0.4, -0.2) is 42.1 Å². The molecule has 38 heavy (non-hydrogen) atoms. The maximum absolute atomic E-state index is 13.8. The number of aromatic carboxylic acids is 1. The Balaban J connectivity index is 1.44. The minimum absolute atomic E-state index is 0.0385. The molecule has 5 rings (SSSR count). The van der Waals surface area contributed by atoms with Crippen molar-refractivity contribution in [2.45, 2.75) is 13.1 Å². The summed E-state index contributed by atoms with van der Waals surface area (Å²) in [6.45, 7) is 0.635. The van der Waals surface area contributed by atoms with Gasteiger partial charge >= 0.3 is 5.97 Å².